The van der Waals surface area contributed by atoms with Gasteiger partial charge in [-0.05, 0) is 95.2 Å². The Morgan fingerprint density at radius 3 is 1.80 bits per heavy atom. The molecule has 0 aromatic heterocycles. The Kier molecular flexibility index (Phi) is 7.66. The molecule has 7 nitrogen and oxygen atoms in total. The van der Waals surface area contributed by atoms with Gasteiger partial charge in [0.25, 0.3) is 11.8 Å². The molecule has 1 aliphatic heterocycles. The number of benzene rings is 4. The Bertz CT molecular complexity index is 1690. The van der Waals surface area contributed by atoms with Crippen molar-refractivity contribution in [1.29, 1.82) is 0 Å². The van der Waals surface area contributed by atoms with Gasteiger partial charge < -0.3 is 4.18 Å². The quantitative estimate of drug-likeness (QED) is 0.108. The molecule has 2 amide bonds. The third-order valence-corrected chi connectivity index (χ3v) is 8.29. The van der Waals surface area contributed by atoms with Crippen molar-refractivity contribution in [2.45, 2.75) is 11.8 Å². The first kappa shape index (κ1) is 27.4. The first-order valence-electron chi connectivity index (χ1n) is 12.0. The average Bonchev–Trinajstić information content (AvgIpc) is 2.94. The van der Waals surface area contributed by atoms with Crippen LogP contribution in [0.3, 0.4) is 0 Å². The van der Waals surface area contributed by atoms with Gasteiger partial charge in [0.15, 0.2) is 10.9 Å². The largest absolute Gasteiger partial charge is 0.378 e. The minimum Gasteiger partial charge on any atom is -0.378 e. The Balaban J connectivity index is 1.51. The maximum atomic E-state index is 13.7. The van der Waals surface area contributed by atoms with Gasteiger partial charge in [0.05, 0.1) is 15.8 Å². The van der Waals surface area contributed by atoms with Gasteiger partial charge in [0.2, 0.25) is 0 Å². The lowest BCUT2D eigenvalue weighted by Gasteiger charge is -2.36. The summed E-state index contributed by atoms with van der Waals surface area (Å²) in [7, 11) is -4.07. The summed E-state index contributed by atoms with van der Waals surface area (Å²) >= 11 is 8.98. The number of hydrogen-bond donors (Lipinski definition) is 0. The zero-order valence-corrected chi connectivity index (χ0v) is 24.2. The molecule has 1 aliphatic rings. The number of anilines is 2. The average molecular weight is 634 g/mol. The molecule has 0 atom stereocenters. The van der Waals surface area contributed by atoms with Gasteiger partial charge >= 0.3 is 10.1 Å². The third-order valence-electron chi connectivity index (χ3n) is 6.05. The molecule has 1 fully saturated rings. The van der Waals surface area contributed by atoms with Gasteiger partial charge in [-0.2, -0.15) is 8.42 Å². The summed E-state index contributed by atoms with van der Waals surface area (Å²) < 4.78 is 31.2. The highest BCUT2D eigenvalue weighted by molar-refractivity contribution is 9.10. The second-order valence-corrected chi connectivity index (χ2v) is 11.6. The zero-order chi connectivity index (χ0) is 28.4. The number of thiocarbonyl (C=S) groups is 1. The van der Waals surface area contributed by atoms with E-state index in [1.165, 1.54) is 34.1 Å². The smallest absolute Gasteiger partial charge is 0.339 e. The minimum absolute atomic E-state index is 0.0209. The van der Waals surface area contributed by atoms with Gasteiger partial charge in [-0.25, -0.2) is 0 Å². The molecule has 1 saturated heterocycles. The second-order valence-electron chi connectivity index (χ2n) is 8.83. The van der Waals surface area contributed by atoms with Crippen LogP contribution in [0.15, 0.2) is 118 Å². The number of hydrogen-bond acceptors (Lipinski definition) is 6. The van der Waals surface area contributed by atoms with Crippen LogP contribution in [0.4, 0.5) is 11.4 Å². The predicted molar refractivity (Wildman–Crippen MR) is 162 cm³/mol. The molecule has 1 heterocycles. The van der Waals surface area contributed by atoms with Crippen LogP contribution in [0, 0.1) is 6.92 Å². The minimum atomic E-state index is -4.07. The fourth-order valence-corrected chi connectivity index (χ4v) is 5.96. The molecule has 0 N–H and O–H groups in total. The number of halogens is 1. The molecule has 10 heteroatoms. The molecule has 4 aromatic carbocycles. The highest BCUT2D eigenvalue weighted by Gasteiger charge is 2.41. The Hall–Kier alpha value is -4.12. The summed E-state index contributed by atoms with van der Waals surface area (Å²) in [4.78, 5) is 30.0. The van der Waals surface area contributed by atoms with Gasteiger partial charge in [-0.15, -0.1) is 0 Å². The molecular weight excluding hydrogens is 612 g/mol. The van der Waals surface area contributed by atoms with E-state index >= 15 is 0 Å². The van der Waals surface area contributed by atoms with E-state index in [9.17, 15) is 18.0 Å². The van der Waals surface area contributed by atoms with E-state index in [1.807, 2.05) is 19.1 Å². The molecular formula is C30H21BrN2O5S2. The number of carbonyl (C=O) groups is 2. The van der Waals surface area contributed by atoms with Crippen molar-refractivity contribution in [3.8, 4) is 5.75 Å². The van der Waals surface area contributed by atoms with Crippen molar-refractivity contribution in [3.05, 3.63) is 124 Å². The highest BCUT2D eigenvalue weighted by atomic mass is 79.9. The van der Waals surface area contributed by atoms with Crippen LogP contribution in [0.1, 0.15) is 11.1 Å². The van der Waals surface area contributed by atoms with Crippen LogP contribution in [-0.4, -0.2) is 25.3 Å². The van der Waals surface area contributed by atoms with Crippen molar-refractivity contribution >= 4 is 72.6 Å². The summed E-state index contributed by atoms with van der Waals surface area (Å²) in [5.74, 6) is -1.10. The van der Waals surface area contributed by atoms with Crippen molar-refractivity contribution < 1.29 is 22.2 Å². The van der Waals surface area contributed by atoms with Crippen LogP contribution < -0.4 is 14.0 Å². The fourth-order valence-electron chi connectivity index (χ4n) is 4.05. The molecule has 0 aliphatic carbocycles. The van der Waals surface area contributed by atoms with Gasteiger partial charge in [0, 0.05) is 0 Å². The Morgan fingerprint density at radius 2 is 1.30 bits per heavy atom. The number of aryl methyl sites for hydroxylation is 1. The normalized spacial score (nSPS) is 13.9. The summed E-state index contributed by atoms with van der Waals surface area (Å²) in [6, 6.07) is 28.6. The SMILES string of the molecule is Cc1ccc(S(=O)(=O)Oc2ccc(C=C3C(=O)N(c4ccccc4)C(=S)N(c4ccccc4)C3=O)cc2Br)cc1. The first-order chi connectivity index (χ1) is 19.2. The van der Waals surface area contributed by atoms with E-state index in [-0.39, 0.29) is 21.3 Å². The molecule has 0 saturated carbocycles. The molecule has 40 heavy (non-hydrogen) atoms. The molecule has 0 radical (unpaired) electrons. The van der Waals surface area contributed by atoms with Crippen molar-refractivity contribution in [1.82, 2.24) is 0 Å². The molecule has 0 unspecified atom stereocenters. The van der Waals surface area contributed by atoms with E-state index in [1.54, 1.807) is 72.8 Å². The molecule has 0 spiro atoms. The topological polar surface area (TPSA) is 84.0 Å². The van der Waals surface area contributed by atoms with Crippen molar-refractivity contribution in [2.75, 3.05) is 9.80 Å². The van der Waals surface area contributed by atoms with Crippen LogP contribution in [0.2, 0.25) is 0 Å². The molecule has 4 aromatic rings. The van der Waals surface area contributed by atoms with Crippen LogP contribution in [0.25, 0.3) is 6.08 Å². The van der Waals surface area contributed by atoms with Crippen molar-refractivity contribution in [3.63, 3.8) is 0 Å². The predicted octanol–water partition coefficient (Wildman–Crippen LogP) is 6.27. The highest BCUT2D eigenvalue weighted by Crippen LogP contribution is 2.32. The Morgan fingerprint density at radius 1 is 0.775 bits per heavy atom. The molecule has 200 valence electrons. The fraction of sp³-hybridized carbons (Fsp3) is 0.0333. The monoisotopic (exact) mass is 632 g/mol. The Labute approximate surface area is 245 Å². The van der Waals surface area contributed by atoms with Gasteiger partial charge in [0.1, 0.15) is 10.5 Å². The molecule has 5 rings (SSSR count). The maximum Gasteiger partial charge on any atom is 0.339 e. The number of amides is 2. The van der Waals surface area contributed by atoms with E-state index < -0.39 is 21.9 Å². The zero-order valence-electron chi connectivity index (χ0n) is 21.0. The van der Waals surface area contributed by atoms with E-state index in [2.05, 4.69) is 15.9 Å². The number of nitrogens with zero attached hydrogens (tertiary/aromatic N) is 2. The second kappa shape index (κ2) is 11.2. The van der Waals surface area contributed by atoms with Crippen LogP contribution in [-0.2, 0) is 19.7 Å². The molecule has 0 bridgehead atoms. The van der Waals surface area contributed by atoms with Gasteiger partial charge in [-0.3, -0.25) is 19.4 Å². The first-order valence-corrected chi connectivity index (χ1v) is 14.6. The summed E-state index contributed by atoms with van der Waals surface area (Å²) in [5.41, 5.74) is 2.31. The standard InChI is InChI=1S/C30H21BrN2O5S2/c1-20-12-15-24(16-13-20)40(36,37)38-27-17-14-21(19-26(27)31)18-25-28(34)32(22-8-4-2-5-9-22)30(39)33(29(25)35)23-10-6-3-7-11-23/h2-19H,1H3. The summed E-state index contributed by atoms with van der Waals surface area (Å²) in [5, 5.41) is 0.0378. The maximum absolute atomic E-state index is 13.7. The van der Waals surface area contributed by atoms with E-state index in [0.29, 0.717) is 21.4 Å². The lowest BCUT2D eigenvalue weighted by molar-refractivity contribution is -0.120. The van der Waals surface area contributed by atoms with Crippen molar-refractivity contribution in [2.24, 2.45) is 0 Å². The summed E-state index contributed by atoms with van der Waals surface area (Å²) in [6.45, 7) is 1.86. The lowest BCUT2D eigenvalue weighted by atomic mass is 10.0. The number of carbonyl (C=O) groups excluding carboxylic acids is 2. The van der Waals surface area contributed by atoms with E-state index in [0.717, 1.165) is 5.56 Å². The number of para-hydroxylation sites is 2. The third kappa shape index (κ3) is 5.46. The van der Waals surface area contributed by atoms with Crippen LogP contribution >= 0.6 is 28.1 Å². The van der Waals surface area contributed by atoms with Crippen LogP contribution in [0.5, 0.6) is 5.75 Å². The van der Waals surface area contributed by atoms with E-state index in [4.69, 9.17) is 16.4 Å². The lowest BCUT2D eigenvalue weighted by Crippen LogP contribution is -2.56. The number of rotatable bonds is 6. The summed E-state index contributed by atoms with van der Waals surface area (Å²) in [6.07, 6.45) is 1.45. The van der Waals surface area contributed by atoms with Gasteiger partial charge in [-0.1, -0.05) is 60.2 Å².